The van der Waals surface area contributed by atoms with Gasteiger partial charge in [0.2, 0.25) is 5.91 Å². The van der Waals surface area contributed by atoms with Crippen LogP contribution in [0.4, 0.5) is 5.82 Å². The fourth-order valence-corrected chi connectivity index (χ4v) is 4.04. The Kier molecular flexibility index (Phi) is 4.12. The van der Waals surface area contributed by atoms with Crippen LogP contribution in [0.15, 0.2) is 29.8 Å². The van der Waals surface area contributed by atoms with Gasteiger partial charge in [0.15, 0.2) is 5.12 Å². The van der Waals surface area contributed by atoms with Crippen molar-refractivity contribution in [3.63, 3.8) is 0 Å². The van der Waals surface area contributed by atoms with Crippen LogP contribution in [0.25, 0.3) is 0 Å². The average molecular weight is 321 g/mol. The number of anilines is 1. The molecule has 0 saturated carbocycles. The first-order chi connectivity index (χ1) is 10.1. The highest BCUT2D eigenvalue weighted by Crippen LogP contribution is 2.29. The number of carbonyl (C=O) groups is 2. The predicted octanol–water partition coefficient (Wildman–Crippen LogP) is 2.38. The molecule has 0 spiro atoms. The molecule has 1 saturated heterocycles. The van der Waals surface area contributed by atoms with Crippen molar-refractivity contribution >= 4 is 39.9 Å². The van der Waals surface area contributed by atoms with Crippen LogP contribution < -0.4 is 4.90 Å². The maximum Gasteiger partial charge on any atom is 0.229 e. The van der Waals surface area contributed by atoms with Gasteiger partial charge in [-0.25, -0.2) is 4.68 Å². The Balaban J connectivity index is 1.77. The molecule has 7 heteroatoms. The molecule has 1 unspecified atom stereocenters. The predicted molar refractivity (Wildman–Crippen MR) is 84.7 cm³/mol. The van der Waals surface area contributed by atoms with Gasteiger partial charge >= 0.3 is 0 Å². The summed E-state index contributed by atoms with van der Waals surface area (Å²) >= 11 is 2.92. The Labute approximate surface area is 130 Å². The maximum absolute atomic E-state index is 12.2. The first kappa shape index (κ1) is 14.3. The molecular formula is C14H15N3O2S2. The summed E-state index contributed by atoms with van der Waals surface area (Å²) in [4.78, 5) is 26.3. The fraction of sp³-hybridized carbons (Fsp3) is 0.357. The van der Waals surface area contributed by atoms with E-state index in [1.54, 1.807) is 29.4 Å². The third-order valence-electron chi connectivity index (χ3n) is 3.28. The topological polar surface area (TPSA) is 55.2 Å². The first-order valence-corrected chi connectivity index (χ1v) is 8.41. The number of hydrogen-bond donors (Lipinski definition) is 0. The number of hydrogen-bond acceptors (Lipinski definition) is 5. The Bertz CT molecular complexity index is 651. The zero-order chi connectivity index (χ0) is 14.8. The number of thiophene rings is 1. The van der Waals surface area contributed by atoms with E-state index in [1.807, 2.05) is 22.2 Å². The van der Waals surface area contributed by atoms with Crippen LogP contribution in [0.1, 0.15) is 18.2 Å². The molecule has 1 amide bonds. The molecule has 3 rings (SSSR count). The molecule has 2 aromatic rings. The lowest BCUT2D eigenvalue weighted by molar-refractivity contribution is -0.117. The maximum atomic E-state index is 12.2. The van der Waals surface area contributed by atoms with E-state index in [1.165, 1.54) is 16.6 Å². The zero-order valence-corrected chi connectivity index (χ0v) is 13.2. The molecule has 0 radical (unpaired) electrons. The molecule has 1 aliphatic rings. The van der Waals surface area contributed by atoms with Gasteiger partial charge in [0.25, 0.3) is 0 Å². The number of carbonyl (C=O) groups excluding carboxylic acids is 2. The van der Waals surface area contributed by atoms with Gasteiger partial charge in [0.1, 0.15) is 5.82 Å². The molecule has 0 aliphatic carbocycles. The van der Waals surface area contributed by atoms with Crippen molar-refractivity contribution in [2.24, 2.45) is 0 Å². The number of rotatable bonds is 4. The van der Waals surface area contributed by atoms with Crippen molar-refractivity contribution in [3.8, 4) is 0 Å². The standard InChI is InChI=1S/C14H15N3O2S2/c1-10(18)21-12-7-14(19)16(8-12)13-4-5-15-17(13)9-11-3-2-6-20-11/h2-6,12H,7-9H2,1H3. The summed E-state index contributed by atoms with van der Waals surface area (Å²) < 4.78 is 1.84. The van der Waals surface area contributed by atoms with Gasteiger partial charge in [-0.2, -0.15) is 5.10 Å². The summed E-state index contributed by atoms with van der Waals surface area (Å²) in [6, 6.07) is 5.91. The van der Waals surface area contributed by atoms with Crippen LogP contribution in [0.2, 0.25) is 0 Å². The van der Waals surface area contributed by atoms with E-state index in [9.17, 15) is 9.59 Å². The van der Waals surface area contributed by atoms with Crippen molar-refractivity contribution in [2.45, 2.75) is 25.1 Å². The Morgan fingerprint density at radius 3 is 3.10 bits per heavy atom. The highest BCUT2D eigenvalue weighted by Gasteiger charge is 2.33. The summed E-state index contributed by atoms with van der Waals surface area (Å²) in [5.74, 6) is 0.863. The molecule has 110 valence electrons. The Morgan fingerprint density at radius 2 is 2.38 bits per heavy atom. The van der Waals surface area contributed by atoms with E-state index in [0.29, 0.717) is 19.5 Å². The van der Waals surface area contributed by atoms with Crippen LogP contribution in [0.3, 0.4) is 0 Å². The summed E-state index contributed by atoms with van der Waals surface area (Å²) in [6.45, 7) is 2.77. The van der Waals surface area contributed by atoms with Gasteiger partial charge in [-0.15, -0.1) is 11.3 Å². The lowest BCUT2D eigenvalue weighted by Crippen LogP contribution is -2.27. The quantitative estimate of drug-likeness (QED) is 0.867. The SMILES string of the molecule is CC(=O)SC1CC(=O)N(c2ccnn2Cc2cccs2)C1. The molecule has 3 heterocycles. The number of thioether (sulfide) groups is 1. The molecular weight excluding hydrogens is 306 g/mol. The third kappa shape index (κ3) is 3.19. The van der Waals surface area contributed by atoms with Crippen molar-refractivity contribution in [1.82, 2.24) is 9.78 Å². The summed E-state index contributed by atoms with van der Waals surface area (Å²) in [7, 11) is 0. The second-order valence-electron chi connectivity index (χ2n) is 4.87. The fourth-order valence-electron chi connectivity index (χ4n) is 2.44. The largest absolute Gasteiger partial charge is 0.296 e. The first-order valence-electron chi connectivity index (χ1n) is 6.65. The van der Waals surface area contributed by atoms with E-state index in [0.717, 1.165) is 5.82 Å². The monoisotopic (exact) mass is 321 g/mol. The van der Waals surface area contributed by atoms with E-state index in [4.69, 9.17) is 0 Å². The molecule has 1 atom stereocenters. The van der Waals surface area contributed by atoms with Crippen LogP contribution in [0.5, 0.6) is 0 Å². The van der Waals surface area contributed by atoms with E-state index < -0.39 is 0 Å². The minimum atomic E-state index is 0.0417. The average Bonchev–Trinajstić information content (AvgIpc) is 3.11. The smallest absolute Gasteiger partial charge is 0.229 e. The van der Waals surface area contributed by atoms with Crippen LogP contribution in [-0.4, -0.2) is 32.6 Å². The second kappa shape index (κ2) is 6.03. The highest BCUT2D eigenvalue weighted by atomic mass is 32.2. The minimum absolute atomic E-state index is 0.0417. The molecule has 2 aromatic heterocycles. The van der Waals surface area contributed by atoms with E-state index >= 15 is 0 Å². The molecule has 0 bridgehead atoms. The lowest BCUT2D eigenvalue weighted by atomic mass is 10.4. The molecule has 0 aromatic carbocycles. The molecule has 1 fully saturated rings. The third-order valence-corrected chi connectivity index (χ3v) is 5.12. The van der Waals surface area contributed by atoms with Crippen molar-refractivity contribution in [1.29, 1.82) is 0 Å². The van der Waals surface area contributed by atoms with Gasteiger partial charge in [0, 0.05) is 36.1 Å². The summed E-state index contributed by atoms with van der Waals surface area (Å²) in [5, 5.41) is 6.44. The van der Waals surface area contributed by atoms with Gasteiger partial charge in [-0.1, -0.05) is 17.8 Å². The van der Waals surface area contributed by atoms with Crippen molar-refractivity contribution in [2.75, 3.05) is 11.4 Å². The number of aromatic nitrogens is 2. The molecule has 0 N–H and O–H groups in total. The van der Waals surface area contributed by atoms with Crippen molar-refractivity contribution < 1.29 is 9.59 Å². The number of amides is 1. The second-order valence-corrected chi connectivity index (χ2v) is 7.38. The van der Waals surface area contributed by atoms with Gasteiger partial charge in [-0.05, 0) is 11.4 Å². The van der Waals surface area contributed by atoms with Crippen LogP contribution in [0, 0.1) is 0 Å². The molecule has 21 heavy (non-hydrogen) atoms. The highest BCUT2D eigenvalue weighted by molar-refractivity contribution is 8.14. The van der Waals surface area contributed by atoms with Crippen molar-refractivity contribution in [3.05, 3.63) is 34.7 Å². The zero-order valence-electron chi connectivity index (χ0n) is 11.6. The Morgan fingerprint density at radius 1 is 1.52 bits per heavy atom. The van der Waals surface area contributed by atoms with Gasteiger partial charge in [0.05, 0.1) is 12.7 Å². The number of nitrogens with zero attached hydrogens (tertiary/aromatic N) is 3. The molecule has 1 aliphatic heterocycles. The normalized spacial score (nSPS) is 18.4. The van der Waals surface area contributed by atoms with Gasteiger partial charge in [-0.3, -0.25) is 14.5 Å². The summed E-state index contributed by atoms with van der Waals surface area (Å²) in [5.41, 5.74) is 0. The molecule has 5 nitrogen and oxygen atoms in total. The Hall–Kier alpha value is -1.60. The lowest BCUT2D eigenvalue weighted by Gasteiger charge is -2.17. The minimum Gasteiger partial charge on any atom is -0.296 e. The van der Waals surface area contributed by atoms with Crippen LogP contribution in [-0.2, 0) is 16.1 Å². The van der Waals surface area contributed by atoms with Gasteiger partial charge < -0.3 is 0 Å². The summed E-state index contributed by atoms with van der Waals surface area (Å²) in [6.07, 6.45) is 2.12. The van der Waals surface area contributed by atoms with E-state index in [2.05, 4.69) is 11.2 Å². The van der Waals surface area contributed by atoms with E-state index in [-0.39, 0.29) is 16.3 Å². The van der Waals surface area contributed by atoms with Crippen LogP contribution >= 0.6 is 23.1 Å².